The molecule has 0 bridgehead atoms. The zero-order chi connectivity index (χ0) is 15.6. The molecule has 3 aliphatic rings. The van der Waals surface area contributed by atoms with E-state index in [2.05, 4.69) is 0 Å². The van der Waals surface area contributed by atoms with Crippen molar-refractivity contribution in [2.75, 3.05) is 0 Å². The van der Waals surface area contributed by atoms with Gasteiger partial charge < -0.3 is 0 Å². The van der Waals surface area contributed by atoms with Crippen LogP contribution in [-0.4, -0.2) is 17.0 Å². The Morgan fingerprint density at radius 3 is 0.955 bits per heavy atom. The van der Waals surface area contributed by atoms with Gasteiger partial charge >= 0.3 is 35.0 Å². The van der Waals surface area contributed by atoms with Gasteiger partial charge in [0.15, 0.2) is 0 Å². The summed E-state index contributed by atoms with van der Waals surface area (Å²) in [4.78, 5) is 0. The van der Waals surface area contributed by atoms with Gasteiger partial charge in [0.2, 0.25) is 0 Å². The van der Waals surface area contributed by atoms with E-state index in [0.717, 1.165) is 0 Å². The summed E-state index contributed by atoms with van der Waals surface area (Å²) in [6.07, 6.45) is 23.8. The Hall–Kier alpha value is 1.67. The second-order valence-electron chi connectivity index (χ2n) is 7.55. The molecule has 0 saturated heterocycles. The predicted octanol–water partition coefficient (Wildman–Crippen LogP) is 7.58. The number of halogens is 2. The average Bonchev–Trinajstić information content (AvgIpc) is 2.59. The molecule has 0 N–H and O–H groups in total. The van der Waals surface area contributed by atoms with Crippen LogP contribution in [0, 0.1) is 0 Å². The van der Waals surface area contributed by atoms with Gasteiger partial charge in [-0.1, -0.05) is 19.3 Å². The van der Waals surface area contributed by atoms with Crippen LogP contribution < -0.4 is 0 Å². The van der Waals surface area contributed by atoms with Crippen molar-refractivity contribution in [1.29, 1.82) is 0 Å². The van der Waals surface area contributed by atoms with Gasteiger partial charge in [0, 0.05) is 7.92 Å². The fraction of sp³-hybridized carbons (Fsp3) is 1.00. The summed E-state index contributed by atoms with van der Waals surface area (Å²) >= 11 is -0.106. The first kappa shape index (κ1) is 20.0. The van der Waals surface area contributed by atoms with E-state index in [9.17, 15) is 0 Å². The van der Waals surface area contributed by atoms with Gasteiger partial charge in [-0.3, -0.25) is 0 Å². The summed E-state index contributed by atoms with van der Waals surface area (Å²) in [5.41, 5.74) is 3.68. The van der Waals surface area contributed by atoms with Crippen LogP contribution in [-0.2, 0) is 15.9 Å². The van der Waals surface area contributed by atoms with E-state index < -0.39 is 0 Å². The van der Waals surface area contributed by atoms with Crippen LogP contribution in [0.5, 0.6) is 0 Å². The molecular weight excluding hydrogens is 424 g/mol. The molecule has 22 heavy (non-hydrogen) atoms. The topological polar surface area (TPSA) is 0 Å². The van der Waals surface area contributed by atoms with Crippen LogP contribution in [0.1, 0.15) is 96.3 Å². The third-order valence-electron chi connectivity index (χ3n) is 6.23. The Morgan fingerprint density at radius 2 is 0.727 bits per heavy atom. The summed E-state index contributed by atoms with van der Waals surface area (Å²) in [5.74, 6) is 0. The summed E-state index contributed by atoms with van der Waals surface area (Å²) in [5, 5.41) is 0. The van der Waals surface area contributed by atoms with Crippen molar-refractivity contribution in [2.24, 2.45) is 0 Å². The van der Waals surface area contributed by atoms with Gasteiger partial charge in [0.1, 0.15) is 0 Å². The van der Waals surface area contributed by atoms with Crippen LogP contribution in [0.2, 0.25) is 0 Å². The van der Waals surface area contributed by atoms with E-state index >= 15 is 0 Å². The van der Waals surface area contributed by atoms with Gasteiger partial charge in [-0.15, -0.1) is 0 Å². The number of hydrogen-bond donors (Lipinski definition) is 0. The van der Waals surface area contributed by atoms with Gasteiger partial charge in [0.05, 0.1) is 17.0 Å². The summed E-state index contributed by atoms with van der Waals surface area (Å²) in [7, 11) is 9.58. The van der Waals surface area contributed by atoms with Gasteiger partial charge in [-0.05, 0) is 77.0 Å². The predicted molar refractivity (Wildman–Crippen MR) is 101 cm³/mol. The Labute approximate surface area is 155 Å². The quantitative estimate of drug-likeness (QED) is 0.302. The molecular formula is C18H34Cl2PPd+. The average molecular weight is 459 g/mol. The van der Waals surface area contributed by atoms with Crippen molar-refractivity contribution in [2.45, 2.75) is 113 Å². The standard InChI is InChI=1S/C18H33P.2ClH.Pd/c1-4-10-16(11-5-1)19(17-12-6-2-7-13-17)18-14-8-3-9-15-18;;;/h16-18H,1-15H2;2*1H;/q;;;+2/p-1. The fourth-order valence-electron chi connectivity index (χ4n) is 5.31. The van der Waals surface area contributed by atoms with Crippen molar-refractivity contribution in [3.8, 4) is 0 Å². The molecule has 0 aliphatic heterocycles. The summed E-state index contributed by atoms with van der Waals surface area (Å²) in [6.45, 7) is 0. The minimum absolute atomic E-state index is 0.0465. The summed E-state index contributed by atoms with van der Waals surface area (Å²) < 4.78 is 0. The molecule has 0 aromatic carbocycles. The molecule has 134 valence electrons. The zero-order valence-corrected chi connectivity index (χ0v) is 18.0. The van der Waals surface area contributed by atoms with Crippen molar-refractivity contribution in [1.82, 2.24) is 0 Å². The molecule has 0 heterocycles. The molecule has 0 radical (unpaired) electrons. The Balaban J connectivity index is 0.000000545. The van der Waals surface area contributed by atoms with Crippen molar-refractivity contribution >= 4 is 27.0 Å². The van der Waals surface area contributed by atoms with Crippen LogP contribution in [0.3, 0.4) is 0 Å². The Bertz CT molecular complexity index is 229. The Morgan fingerprint density at radius 1 is 0.500 bits per heavy atom. The number of rotatable bonds is 3. The van der Waals surface area contributed by atoms with Crippen LogP contribution in [0.15, 0.2) is 0 Å². The second kappa shape index (κ2) is 12.1. The second-order valence-corrected chi connectivity index (χ2v) is 13.4. The molecule has 0 amide bonds. The van der Waals surface area contributed by atoms with Gasteiger partial charge in [0.25, 0.3) is 0 Å². The van der Waals surface area contributed by atoms with Crippen molar-refractivity contribution < 1.29 is 15.9 Å². The Kier molecular flexibility index (Phi) is 11.0. The van der Waals surface area contributed by atoms with E-state index in [4.69, 9.17) is 19.1 Å². The molecule has 3 rings (SSSR count). The molecule has 3 aliphatic carbocycles. The fourth-order valence-corrected chi connectivity index (χ4v) is 10.5. The molecule has 4 heteroatoms. The maximum absolute atomic E-state index is 4.81. The first-order valence-corrected chi connectivity index (χ1v) is 15.3. The monoisotopic (exact) mass is 457 g/mol. The molecule has 0 aromatic heterocycles. The molecule has 0 nitrogen and oxygen atoms in total. The number of hydrogen-bond acceptors (Lipinski definition) is 0. The molecule has 3 fully saturated rings. The maximum atomic E-state index is 4.81. The van der Waals surface area contributed by atoms with E-state index in [0.29, 0.717) is 0 Å². The molecule has 0 unspecified atom stereocenters. The first-order chi connectivity index (χ1) is 10.9. The molecule has 0 aromatic rings. The minimum atomic E-state index is -0.106. The normalized spacial score (nSPS) is 26.0. The van der Waals surface area contributed by atoms with E-state index in [1.54, 1.807) is 96.3 Å². The van der Waals surface area contributed by atoms with E-state index in [1.807, 2.05) is 0 Å². The van der Waals surface area contributed by atoms with Crippen molar-refractivity contribution in [3.63, 3.8) is 0 Å². The van der Waals surface area contributed by atoms with Crippen LogP contribution >= 0.6 is 27.0 Å². The first-order valence-electron chi connectivity index (χ1n) is 9.55. The third kappa shape index (κ3) is 6.53. The summed E-state index contributed by atoms with van der Waals surface area (Å²) in [6, 6.07) is 0. The van der Waals surface area contributed by atoms with Gasteiger partial charge in [-0.25, -0.2) is 0 Å². The molecule has 3 saturated carbocycles. The van der Waals surface area contributed by atoms with Gasteiger partial charge in [-0.2, -0.15) is 0 Å². The zero-order valence-electron chi connectivity index (χ0n) is 13.9. The van der Waals surface area contributed by atoms with Crippen LogP contribution in [0.25, 0.3) is 0 Å². The van der Waals surface area contributed by atoms with Crippen molar-refractivity contribution in [3.05, 3.63) is 0 Å². The van der Waals surface area contributed by atoms with Crippen LogP contribution in [0.4, 0.5) is 0 Å². The molecule has 0 atom stereocenters. The van der Waals surface area contributed by atoms with E-state index in [1.165, 1.54) is 17.0 Å². The SMILES string of the molecule is C1CCC([PH+](C2CCCCC2)C2CCCCC2)CC1.[Cl][Pd][Cl]. The third-order valence-corrected chi connectivity index (χ3v) is 10.8. The van der Waals surface area contributed by atoms with E-state index in [-0.39, 0.29) is 23.9 Å². The molecule has 0 spiro atoms.